The zero-order valence-corrected chi connectivity index (χ0v) is 29.4. The van der Waals surface area contributed by atoms with Gasteiger partial charge in [0.1, 0.15) is 47.2 Å². The van der Waals surface area contributed by atoms with Gasteiger partial charge < -0.3 is 15.1 Å². The van der Waals surface area contributed by atoms with Crippen molar-refractivity contribution in [1.29, 1.82) is 0 Å². The molecule has 0 radical (unpaired) electrons. The van der Waals surface area contributed by atoms with Crippen LogP contribution in [0.1, 0.15) is 42.0 Å². The molecular weight excluding hydrogens is 751 g/mol. The summed E-state index contributed by atoms with van der Waals surface area (Å²) in [4.78, 5) is 49.6. The molecule has 4 rings (SSSR count). The molecule has 2 heterocycles. The van der Waals surface area contributed by atoms with Gasteiger partial charge in [-0.25, -0.2) is 40.2 Å². The Morgan fingerprint density at radius 1 is 0.685 bits per heavy atom. The number of halogens is 7. The van der Waals surface area contributed by atoms with E-state index in [1.807, 2.05) is 4.72 Å². The molecule has 0 spiro atoms. The van der Waals surface area contributed by atoms with Gasteiger partial charge in [0.2, 0.25) is 11.8 Å². The fourth-order valence-corrected chi connectivity index (χ4v) is 6.03. The lowest BCUT2D eigenvalue weighted by molar-refractivity contribution is -0.120. The zero-order valence-electron chi connectivity index (χ0n) is 28.5. The van der Waals surface area contributed by atoms with Crippen molar-refractivity contribution in [1.82, 2.24) is 24.7 Å². The van der Waals surface area contributed by atoms with Crippen LogP contribution in [-0.4, -0.2) is 62.4 Å². The minimum absolute atomic E-state index is 0.0495. The highest BCUT2D eigenvalue weighted by Crippen LogP contribution is 2.22. The lowest BCUT2D eigenvalue weighted by atomic mass is 10.0. The zero-order chi connectivity index (χ0) is 39.9. The summed E-state index contributed by atoms with van der Waals surface area (Å²) >= 11 is 0. The molecule has 2 aromatic heterocycles. The smallest absolute Gasteiger partial charge is 0.325 e. The number of pyridine rings is 2. The molecule has 1 unspecified atom stereocenters. The van der Waals surface area contributed by atoms with Crippen molar-refractivity contribution in [2.75, 3.05) is 23.9 Å². The maximum absolute atomic E-state index is 14.0. The van der Waals surface area contributed by atoms with Crippen LogP contribution in [-0.2, 0) is 32.6 Å². The maximum atomic E-state index is 14.0. The van der Waals surface area contributed by atoms with E-state index in [0.717, 1.165) is 65.6 Å². The third kappa shape index (κ3) is 11.2. The number of alkyl halides is 3. The lowest BCUT2D eigenvalue weighted by Crippen LogP contribution is -2.57. The molecule has 0 saturated carbocycles. The Kier molecular flexibility index (Phi) is 13.3. The van der Waals surface area contributed by atoms with Gasteiger partial charge in [0.15, 0.2) is 0 Å². The van der Waals surface area contributed by atoms with Gasteiger partial charge in [-0.1, -0.05) is 0 Å². The van der Waals surface area contributed by atoms with Crippen LogP contribution in [0.15, 0.2) is 73.1 Å². The Morgan fingerprint density at radius 2 is 1.11 bits per heavy atom. The summed E-state index contributed by atoms with van der Waals surface area (Å²) in [5.74, 6) is -6.15. The van der Waals surface area contributed by atoms with Gasteiger partial charge in [-0.3, -0.25) is 19.6 Å². The van der Waals surface area contributed by atoms with Crippen molar-refractivity contribution in [3.05, 3.63) is 119 Å². The van der Waals surface area contributed by atoms with Gasteiger partial charge in [0, 0.05) is 32.6 Å². The average molecular weight is 784 g/mol. The van der Waals surface area contributed by atoms with Crippen LogP contribution in [0.2, 0.25) is 0 Å². The lowest BCUT2D eigenvalue weighted by Gasteiger charge is -2.26. The monoisotopic (exact) mass is 783 g/mol. The number of benzene rings is 2. The predicted octanol–water partition coefficient (Wildman–Crippen LogP) is 4.98. The molecule has 3 N–H and O–H groups in total. The molecule has 0 bridgehead atoms. The SMILES string of the molecule is CC(F)c1ccc(N(C)C(=O)[C@H](Cc2cc(F)cc(F)c2)NC(=O)NS(=O)(=O)N[C@@H](Cc2cc(F)cc(F)c2)C(=O)N(C)c2ccc(C(F)F)nc2)cn1. The third-order valence-electron chi connectivity index (χ3n) is 7.76. The van der Waals surface area contributed by atoms with Crippen LogP contribution in [0.25, 0.3) is 0 Å². The first-order valence-electron chi connectivity index (χ1n) is 15.7. The summed E-state index contributed by atoms with van der Waals surface area (Å²) in [5, 5.41) is 2.12. The highest BCUT2D eigenvalue weighted by Gasteiger charge is 2.32. The molecule has 4 aromatic rings. The van der Waals surface area contributed by atoms with Gasteiger partial charge in [-0.2, -0.15) is 13.1 Å². The maximum Gasteiger partial charge on any atom is 0.330 e. The Labute approximate surface area is 304 Å². The number of hydrogen-bond donors (Lipinski definition) is 3. The Bertz CT molecular complexity index is 2050. The van der Waals surface area contributed by atoms with E-state index in [2.05, 4.69) is 15.3 Å². The van der Waals surface area contributed by atoms with Crippen molar-refractivity contribution in [3.63, 3.8) is 0 Å². The highest BCUT2D eigenvalue weighted by atomic mass is 32.2. The second-order valence-electron chi connectivity index (χ2n) is 11.9. The molecule has 0 fully saturated rings. The van der Waals surface area contributed by atoms with Crippen LogP contribution in [0.4, 0.5) is 46.9 Å². The molecule has 0 aliphatic heterocycles. The summed E-state index contributed by atoms with van der Waals surface area (Å²) < 4.78 is 126. The van der Waals surface area contributed by atoms with E-state index in [4.69, 9.17) is 0 Å². The Morgan fingerprint density at radius 3 is 1.52 bits per heavy atom. The van der Waals surface area contributed by atoms with Gasteiger partial charge in [-0.15, -0.1) is 0 Å². The van der Waals surface area contributed by atoms with E-state index in [9.17, 15) is 53.5 Å². The number of amides is 4. The van der Waals surface area contributed by atoms with Gasteiger partial charge in [-0.05, 0) is 73.0 Å². The van der Waals surface area contributed by atoms with Crippen LogP contribution in [0.3, 0.4) is 0 Å². The predicted molar refractivity (Wildman–Crippen MR) is 181 cm³/mol. The second-order valence-corrected chi connectivity index (χ2v) is 13.3. The number of hydrogen-bond acceptors (Lipinski definition) is 7. The molecule has 288 valence electrons. The summed E-state index contributed by atoms with van der Waals surface area (Å²) in [7, 11) is -2.71. The normalized spacial score (nSPS) is 13.2. The number of likely N-dealkylation sites (N-methyl/N-ethyl adjacent to an activating group) is 2. The number of urea groups is 1. The van der Waals surface area contributed by atoms with E-state index in [1.165, 1.54) is 26.1 Å². The molecule has 2 aromatic carbocycles. The Balaban J connectivity index is 1.59. The second kappa shape index (κ2) is 17.5. The number of carbonyl (C=O) groups excluding carboxylic acids is 3. The molecule has 0 aliphatic carbocycles. The van der Waals surface area contributed by atoms with Crippen LogP contribution in [0.5, 0.6) is 0 Å². The number of nitrogens with zero attached hydrogens (tertiary/aromatic N) is 4. The van der Waals surface area contributed by atoms with Crippen molar-refractivity contribution in [3.8, 4) is 0 Å². The largest absolute Gasteiger partial charge is 0.330 e. The van der Waals surface area contributed by atoms with E-state index >= 15 is 0 Å². The summed E-state index contributed by atoms with van der Waals surface area (Å²) in [6.45, 7) is 1.24. The van der Waals surface area contributed by atoms with Crippen molar-refractivity contribution in [2.45, 2.75) is 44.4 Å². The molecule has 12 nitrogen and oxygen atoms in total. The van der Waals surface area contributed by atoms with Crippen molar-refractivity contribution < 1.29 is 53.5 Å². The van der Waals surface area contributed by atoms with E-state index in [-0.39, 0.29) is 28.2 Å². The van der Waals surface area contributed by atoms with Crippen LogP contribution in [0, 0.1) is 23.3 Å². The first-order valence-corrected chi connectivity index (χ1v) is 17.2. The van der Waals surface area contributed by atoms with Crippen LogP contribution >= 0.6 is 0 Å². The molecule has 20 heteroatoms. The first-order chi connectivity index (χ1) is 25.3. The fraction of sp³-hybridized carbons (Fsp3) is 0.265. The van der Waals surface area contributed by atoms with E-state index in [1.54, 1.807) is 4.72 Å². The van der Waals surface area contributed by atoms with E-state index in [0.29, 0.717) is 12.1 Å². The first kappa shape index (κ1) is 41.1. The van der Waals surface area contributed by atoms with E-state index < -0.39 is 94.5 Å². The molecule has 54 heavy (non-hydrogen) atoms. The van der Waals surface area contributed by atoms with Crippen LogP contribution < -0.4 is 24.6 Å². The Hall–Kier alpha value is -5.63. The summed E-state index contributed by atoms with van der Waals surface area (Å²) in [5.41, 5.74) is -0.852. The van der Waals surface area contributed by atoms with Gasteiger partial charge in [0.05, 0.1) is 29.5 Å². The minimum atomic E-state index is -5.09. The highest BCUT2D eigenvalue weighted by molar-refractivity contribution is 7.88. The number of rotatable bonds is 14. The average Bonchev–Trinajstić information content (AvgIpc) is 3.08. The summed E-state index contributed by atoms with van der Waals surface area (Å²) in [6.07, 6.45) is -3.56. The topological polar surface area (TPSA) is 154 Å². The standard InChI is InChI=1S/C34H32F7N7O5S/c1-18(35)27-6-4-25(16-42-27)47(2)32(49)29(12-19-8-21(36)14-22(37)9-19)44-34(51)46-54(52,53)45-30(13-20-10-23(38)15-24(39)11-20)33(50)48(3)26-5-7-28(31(40)41)43-17-26/h4-11,14-18,29-31,45H,12-13H2,1-3H3,(H2,44,46,51)/t18?,29-,30-/m0/s1. The van der Waals surface area contributed by atoms with Crippen molar-refractivity contribution in [2.24, 2.45) is 0 Å². The number of carbonyl (C=O) groups is 3. The third-order valence-corrected chi connectivity index (χ3v) is 8.81. The van der Waals surface area contributed by atoms with Gasteiger partial charge in [0.25, 0.3) is 6.43 Å². The number of aromatic nitrogens is 2. The summed E-state index contributed by atoms with van der Waals surface area (Å²) in [6, 6.07) is 3.97. The molecule has 3 atom stereocenters. The number of anilines is 2. The number of nitrogens with one attached hydrogen (secondary N) is 3. The molecule has 0 saturated heterocycles. The molecular formula is C34H32F7N7O5S. The minimum Gasteiger partial charge on any atom is -0.325 e. The van der Waals surface area contributed by atoms with Crippen molar-refractivity contribution >= 4 is 39.4 Å². The molecule has 4 amide bonds. The quantitative estimate of drug-likeness (QED) is 0.153. The molecule has 0 aliphatic rings. The fourth-order valence-electron chi connectivity index (χ4n) is 5.11. The van der Waals surface area contributed by atoms with Gasteiger partial charge >= 0.3 is 16.2 Å².